The number of oxime groups is 1. The van der Waals surface area contributed by atoms with Gasteiger partial charge in [0.25, 0.3) is 16.6 Å². The Kier molecular flexibility index (Phi) is 6.12. The monoisotopic (exact) mass is 329 g/mol. The molecular weight excluding hydrogens is 294 g/mol. The second-order valence-corrected chi connectivity index (χ2v) is 18.2. The zero-order valence-electron chi connectivity index (χ0n) is 16.0. The third kappa shape index (κ3) is 5.62. The lowest BCUT2D eigenvalue weighted by molar-refractivity contribution is 0.304. The first-order valence-corrected chi connectivity index (χ1v) is 13.4. The van der Waals surface area contributed by atoms with Gasteiger partial charge >= 0.3 is 0 Å². The molecule has 0 spiro atoms. The van der Waals surface area contributed by atoms with Crippen molar-refractivity contribution in [1.29, 1.82) is 0 Å². The highest BCUT2D eigenvalue weighted by Gasteiger charge is 2.41. The highest BCUT2D eigenvalue weighted by molar-refractivity contribution is 6.74. The second kappa shape index (κ2) is 6.28. The Hall–Kier alpha value is -0.556. The summed E-state index contributed by atoms with van der Waals surface area (Å²) in [6.45, 7) is 28.0. The summed E-state index contributed by atoms with van der Waals surface area (Å²) in [6, 6.07) is 0. The fourth-order valence-electron chi connectivity index (χ4n) is 0.905. The quantitative estimate of drug-likeness (QED) is 0.271. The van der Waals surface area contributed by atoms with Gasteiger partial charge in [0.15, 0.2) is 0 Å². The van der Waals surface area contributed by atoms with Crippen LogP contribution in [-0.2, 0) is 8.95 Å². The van der Waals surface area contributed by atoms with E-state index >= 15 is 0 Å². The zero-order valence-corrected chi connectivity index (χ0v) is 18.0. The average Bonchev–Trinajstić information content (AvgIpc) is 2.21. The van der Waals surface area contributed by atoms with Crippen LogP contribution in [-0.4, -0.2) is 22.3 Å². The van der Waals surface area contributed by atoms with E-state index in [1.807, 2.05) is 6.92 Å². The lowest BCUT2D eigenvalue weighted by atomic mass is 10.2. The summed E-state index contributed by atoms with van der Waals surface area (Å²) in [5.74, 6) is 0.639. The van der Waals surface area contributed by atoms with Crippen LogP contribution in [0.5, 0.6) is 0 Å². The van der Waals surface area contributed by atoms with E-state index in [1.54, 1.807) is 0 Å². The molecule has 0 saturated heterocycles. The molecule has 21 heavy (non-hydrogen) atoms. The topological polar surface area (TPSA) is 30.8 Å². The highest BCUT2D eigenvalue weighted by Crippen LogP contribution is 2.38. The van der Waals surface area contributed by atoms with Crippen LogP contribution in [0.2, 0.25) is 36.3 Å². The van der Waals surface area contributed by atoms with Crippen molar-refractivity contribution in [1.82, 2.24) is 0 Å². The Morgan fingerprint density at radius 2 is 1.24 bits per heavy atom. The largest absolute Gasteiger partial charge is 0.543 e. The van der Waals surface area contributed by atoms with Crippen LogP contribution < -0.4 is 0 Å². The molecule has 0 heterocycles. The molecule has 0 saturated carbocycles. The van der Waals surface area contributed by atoms with Crippen molar-refractivity contribution in [2.75, 3.05) is 0 Å². The minimum Gasteiger partial charge on any atom is -0.543 e. The Morgan fingerprint density at radius 3 is 1.57 bits per heavy atom. The number of rotatable bonds is 5. The van der Waals surface area contributed by atoms with Gasteiger partial charge in [0.2, 0.25) is 0 Å². The Morgan fingerprint density at radius 1 is 0.857 bits per heavy atom. The molecule has 0 radical (unpaired) electrons. The highest BCUT2D eigenvalue weighted by atomic mass is 28.4. The van der Waals surface area contributed by atoms with Crippen LogP contribution >= 0.6 is 0 Å². The number of allylic oxidation sites excluding steroid dienone is 1. The Labute approximate surface area is 134 Å². The first-order valence-electron chi connectivity index (χ1n) is 7.62. The van der Waals surface area contributed by atoms with Crippen LogP contribution in [0, 0.1) is 0 Å². The van der Waals surface area contributed by atoms with Gasteiger partial charge < -0.3 is 8.95 Å². The molecule has 0 unspecified atom stereocenters. The van der Waals surface area contributed by atoms with Crippen LogP contribution in [0.1, 0.15) is 48.5 Å². The molecule has 0 N–H and O–H groups in total. The molecule has 0 amide bonds. The predicted molar refractivity (Wildman–Crippen MR) is 98.8 cm³/mol. The van der Waals surface area contributed by atoms with E-state index in [9.17, 15) is 0 Å². The molecule has 0 aromatic heterocycles. The molecule has 0 aliphatic rings. The zero-order chi connectivity index (χ0) is 17.3. The molecule has 0 atom stereocenters. The molecule has 0 bridgehead atoms. The van der Waals surface area contributed by atoms with E-state index in [1.165, 1.54) is 0 Å². The minimum absolute atomic E-state index is 0.137. The summed E-state index contributed by atoms with van der Waals surface area (Å²) in [5.41, 5.74) is 0.740. The van der Waals surface area contributed by atoms with Crippen LogP contribution in [0.15, 0.2) is 17.5 Å². The van der Waals surface area contributed by atoms with Crippen molar-refractivity contribution >= 4 is 22.3 Å². The van der Waals surface area contributed by atoms with Crippen molar-refractivity contribution in [3.8, 4) is 0 Å². The number of hydrogen-bond acceptors (Lipinski definition) is 3. The molecule has 5 heteroatoms. The van der Waals surface area contributed by atoms with E-state index in [-0.39, 0.29) is 10.1 Å². The Bertz CT molecular complexity index is 413. The maximum atomic E-state index is 6.16. The summed E-state index contributed by atoms with van der Waals surface area (Å²) in [7, 11) is -3.75. The average molecular weight is 330 g/mol. The molecule has 0 aromatic rings. The van der Waals surface area contributed by atoms with Gasteiger partial charge in [0.1, 0.15) is 11.5 Å². The van der Waals surface area contributed by atoms with Gasteiger partial charge in [-0.1, -0.05) is 48.1 Å². The summed E-state index contributed by atoms with van der Waals surface area (Å²) < 4.78 is 12.0. The van der Waals surface area contributed by atoms with Gasteiger partial charge in [-0.25, -0.2) is 0 Å². The van der Waals surface area contributed by atoms with E-state index in [4.69, 9.17) is 8.95 Å². The molecule has 3 nitrogen and oxygen atoms in total. The van der Waals surface area contributed by atoms with Gasteiger partial charge in [-0.15, -0.1) is 5.16 Å². The molecule has 0 aliphatic heterocycles. The Balaban J connectivity index is 4.93. The van der Waals surface area contributed by atoms with E-state index in [2.05, 4.69) is 79.5 Å². The summed E-state index contributed by atoms with van der Waals surface area (Å²) >= 11 is 0. The van der Waals surface area contributed by atoms with Gasteiger partial charge in [0, 0.05) is 0 Å². The van der Waals surface area contributed by atoms with Crippen molar-refractivity contribution in [3.63, 3.8) is 0 Å². The first kappa shape index (κ1) is 20.4. The maximum absolute atomic E-state index is 6.16. The molecule has 0 aliphatic carbocycles. The normalized spacial score (nSPS) is 14.9. The predicted octanol–water partition coefficient (Wildman–Crippen LogP) is 5.92. The standard InChI is InChI=1S/C16H35NO2Si2/c1-13(17-19-21(11,12)16(6,7)8)14(2)18-20(9,10)15(3,4)5/h2H2,1,3-12H3/b17-13+. The van der Waals surface area contributed by atoms with E-state index in [0.29, 0.717) is 5.76 Å². The lowest BCUT2D eigenvalue weighted by Crippen LogP contribution is -2.41. The van der Waals surface area contributed by atoms with Crippen LogP contribution in [0.4, 0.5) is 0 Å². The molecule has 0 aromatic carbocycles. The maximum Gasteiger partial charge on any atom is 0.286 e. The third-order valence-electron chi connectivity index (χ3n) is 4.81. The van der Waals surface area contributed by atoms with Gasteiger partial charge in [-0.3, -0.25) is 0 Å². The van der Waals surface area contributed by atoms with E-state index in [0.717, 1.165) is 5.71 Å². The fraction of sp³-hybridized carbons (Fsp3) is 0.812. The van der Waals surface area contributed by atoms with Crippen molar-refractivity contribution in [2.24, 2.45) is 5.16 Å². The molecule has 0 rings (SSSR count). The van der Waals surface area contributed by atoms with Gasteiger partial charge in [-0.2, -0.15) is 0 Å². The smallest absolute Gasteiger partial charge is 0.286 e. The first-order chi connectivity index (χ1) is 9.01. The van der Waals surface area contributed by atoms with Crippen molar-refractivity contribution in [3.05, 3.63) is 12.3 Å². The number of hydrogen-bond donors (Lipinski definition) is 0. The lowest BCUT2D eigenvalue weighted by Gasteiger charge is -2.37. The summed E-state index contributed by atoms with van der Waals surface area (Å²) in [4.78, 5) is 0. The third-order valence-corrected chi connectivity index (χ3v) is 13.3. The summed E-state index contributed by atoms with van der Waals surface area (Å²) in [6.07, 6.45) is 0. The van der Waals surface area contributed by atoms with Crippen LogP contribution in [0.3, 0.4) is 0 Å². The van der Waals surface area contributed by atoms with Crippen molar-refractivity contribution in [2.45, 2.75) is 84.7 Å². The summed E-state index contributed by atoms with van der Waals surface area (Å²) in [5, 5.41) is 4.59. The van der Waals surface area contributed by atoms with Crippen molar-refractivity contribution < 1.29 is 8.95 Å². The van der Waals surface area contributed by atoms with Crippen LogP contribution in [0.25, 0.3) is 0 Å². The SMILES string of the molecule is C=C(O[Si](C)(C)C(C)(C)C)/C(C)=N/O[Si](C)(C)C(C)(C)C. The molecule has 0 fully saturated rings. The van der Waals surface area contributed by atoms with Gasteiger partial charge in [0.05, 0.1) is 0 Å². The van der Waals surface area contributed by atoms with Gasteiger partial charge in [-0.05, 0) is 43.2 Å². The molecule has 124 valence electrons. The van der Waals surface area contributed by atoms with E-state index < -0.39 is 16.6 Å². The molecular formula is C16H35NO2Si2. The second-order valence-electron chi connectivity index (χ2n) is 8.81. The fourth-order valence-corrected chi connectivity index (χ4v) is 2.61. The minimum atomic E-state index is -1.88. The number of nitrogens with zero attached hydrogens (tertiary/aromatic N) is 1.